The van der Waals surface area contributed by atoms with Crippen LogP contribution in [0.5, 0.6) is 11.5 Å². The third kappa shape index (κ3) is 4.94. The van der Waals surface area contributed by atoms with Crippen LogP contribution in [-0.2, 0) is 0 Å². The molecule has 102 valence electrons. The zero-order chi connectivity index (χ0) is 13.4. The Morgan fingerprint density at radius 2 is 1.83 bits per heavy atom. The quantitative estimate of drug-likeness (QED) is 0.695. The number of hydrogen-bond donors (Lipinski definition) is 2. The molecule has 1 rings (SSSR count). The summed E-state index contributed by atoms with van der Waals surface area (Å²) in [4.78, 5) is 0. The molecular formula is C14H24N2O2. The molecule has 0 saturated carbocycles. The lowest BCUT2D eigenvalue weighted by atomic mass is 10.1. The van der Waals surface area contributed by atoms with E-state index in [2.05, 4.69) is 13.8 Å². The molecule has 4 nitrogen and oxygen atoms in total. The van der Waals surface area contributed by atoms with Gasteiger partial charge in [0, 0.05) is 12.6 Å². The molecule has 0 aromatic heterocycles. The lowest BCUT2D eigenvalue weighted by Crippen LogP contribution is -2.35. The van der Waals surface area contributed by atoms with Crippen molar-refractivity contribution < 1.29 is 9.47 Å². The molecule has 4 N–H and O–H groups in total. The smallest absolute Gasteiger partial charge is 0.160 e. The van der Waals surface area contributed by atoms with Crippen LogP contribution in [0, 0.1) is 5.92 Å². The third-order valence-electron chi connectivity index (χ3n) is 2.97. The first-order chi connectivity index (χ1) is 8.69. The van der Waals surface area contributed by atoms with Crippen molar-refractivity contribution in [3.8, 4) is 11.5 Å². The molecule has 4 heteroatoms. The summed E-state index contributed by atoms with van der Waals surface area (Å²) in [6.07, 6.45) is 1.79. The molecule has 0 saturated heterocycles. The highest BCUT2D eigenvalue weighted by Crippen LogP contribution is 2.21. The second-order valence-electron chi connectivity index (χ2n) is 4.36. The van der Waals surface area contributed by atoms with Crippen LogP contribution in [0.25, 0.3) is 0 Å². The molecule has 1 aromatic carbocycles. The van der Waals surface area contributed by atoms with Gasteiger partial charge in [-0.2, -0.15) is 0 Å². The maximum absolute atomic E-state index is 5.75. The van der Waals surface area contributed by atoms with Gasteiger partial charge in [-0.1, -0.05) is 32.8 Å². The van der Waals surface area contributed by atoms with Crippen LogP contribution in [0.3, 0.4) is 0 Å². The van der Waals surface area contributed by atoms with Crippen molar-refractivity contribution in [2.45, 2.75) is 32.9 Å². The molecule has 0 aliphatic heterocycles. The molecule has 0 unspecified atom stereocenters. The van der Waals surface area contributed by atoms with Crippen LogP contribution in [0.1, 0.15) is 26.7 Å². The average molecular weight is 252 g/mol. The fourth-order valence-electron chi connectivity index (χ4n) is 1.60. The summed E-state index contributed by atoms with van der Waals surface area (Å²) in [7, 11) is 0. The highest BCUT2D eigenvalue weighted by molar-refractivity contribution is 5.33. The maximum Gasteiger partial charge on any atom is 0.160 e. The van der Waals surface area contributed by atoms with E-state index in [1.54, 1.807) is 0 Å². The van der Waals surface area contributed by atoms with Gasteiger partial charge in [0.1, 0.15) is 11.5 Å². The SMILES string of the molecule is CCC(CC)COc1cccc(O[C@H](N)CN)c1. The number of benzene rings is 1. The van der Waals surface area contributed by atoms with Gasteiger partial charge >= 0.3 is 0 Å². The zero-order valence-corrected chi connectivity index (χ0v) is 11.3. The van der Waals surface area contributed by atoms with Crippen molar-refractivity contribution in [1.29, 1.82) is 0 Å². The normalized spacial score (nSPS) is 12.5. The van der Waals surface area contributed by atoms with Crippen LogP contribution in [0.2, 0.25) is 0 Å². The minimum absolute atomic E-state index is 0.291. The molecule has 1 aromatic rings. The van der Waals surface area contributed by atoms with Gasteiger partial charge in [0.25, 0.3) is 0 Å². The lowest BCUT2D eigenvalue weighted by Gasteiger charge is -2.16. The third-order valence-corrected chi connectivity index (χ3v) is 2.97. The number of nitrogens with two attached hydrogens (primary N) is 2. The average Bonchev–Trinajstić information content (AvgIpc) is 2.40. The van der Waals surface area contributed by atoms with E-state index in [4.69, 9.17) is 20.9 Å². The van der Waals surface area contributed by atoms with Gasteiger partial charge in [-0.15, -0.1) is 0 Å². The Labute approximate surface area is 109 Å². The van der Waals surface area contributed by atoms with Crippen LogP contribution in [0.15, 0.2) is 24.3 Å². The van der Waals surface area contributed by atoms with Gasteiger partial charge in [0.05, 0.1) is 6.61 Å². The van der Waals surface area contributed by atoms with Gasteiger partial charge in [-0.3, -0.25) is 5.73 Å². The molecule has 18 heavy (non-hydrogen) atoms. The van der Waals surface area contributed by atoms with E-state index in [9.17, 15) is 0 Å². The molecule has 0 spiro atoms. The predicted octanol–water partition coefficient (Wildman–Crippen LogP) is 2.12. The standard InChI is InChI=1S/C14H24N2O2/c1-3-11(4-2)10-17-12-6-5-7-13(8-12)18-14(16)9-15/h5-8,11,14H,3-4,9-10,15-16H2,1-2H3/t14-/m0/s1. The van der Waals surface area contributed by atoms with E-state index in [0.717, 1.165) is 25.2 Å². The Balaban J connectivity index is 2.53. The van der Waals surface area contributed by atoms with E-state index in [1.807, 2.05) is 24.3 Å². The molecule has 0 bridgehead atoms. The van der Waals surface area contributed by atoms with Crippen LogP contribution < -0.4 is 20.9 Å². The summed E-state index contributed by atoms with van der Waals surface area (Å²) in [5, 5.41) is 0. The van der Waals surface area contributed by atoms with E-state index in [-0.39, 0.29) is 0 Å². The van der Waals surface area contributed by atoms with Crippen LogP contribution in [-0.4, -0.2) is 19.4 Å². The predicted molar refractivity (Wildman–Crippen MR) is 73.7 cm³/mol. The molecule has 0 radical (unpaired) electrons. The first-order valence-electron chi connectivity index (χ1n) is 6.54. The van der Waals surface area contributed by atoms with Gasteiger partial charge in [-0.25, -0.2) is 0 Å². The summed E-state index contributed by atoms with van der Waals surface area (Å²) in [6, 6.07) is 7.50. The van der Waals surface area contributed by atoms with Crippen molar-refractivity contribution >= 4 is 0 Å². The Bertz CT molecular complexity index is 340. The summed E-state index contributed by atoms with van der Waals surface area (Å²) >= 11 is 0. The highest BCUT2D eigenvalue weighted by atomic mass is 16.5. The number of hydrogen-bond acceptors (Lipinski definition) is 4. The summed E-state index contributed by atoms with van der Waals surface area (Å²) in [5.41, 5.74) is 11.0. The minimum atomic E-state index is -0.473. The van der Waals surface area contributed by atoms with Crippen molar-refractivity contribution in [2.75, 3.05) is 13.2 Å². The number of rotatable bonds is 8. The van der Waals surface area contributed by atoms with E-state index in [0.29, 0.717) is 18.2 Å². The maximum atomic E-state index is 5.75. The first kappa shape index (κ1) is 14.8. The van der Waals surface area contributed by atoms with Gasteiger partial charge in [0.2, 0.25) is 0 Å². The second kappa shape index (κ2) is 7.95. The van der Waals surface area contributed by atoms with Gasteiger partial charge < -0.3 is 15.2 Å². The lowest BCUT2D eigenvalue weighted by molar-refractivity contribution is 0.213. The van der Waals surface area contributed by atoms with Crippen molar-refractivity contribution in [3.05, 3.63) is 24.3 Å². The van der Waals surface area contributed by atoms with E-state index < -0.39 is 6.23 Å². The Hall–Kier alpha value is -1.26. The topological polar surface area (TPSA) is 70.5 Å². The minimum Gasteiger partial charge on any atom is -0.493 e. The van der Waals surface area contributed by atoms with E-state index >= 15 is 0 Å². The van der Waals surface area contributed by atoms with Gasteiger partial charge in [0.15, 0.2) is 6.23 Å². The Morgan fingerprint density at radius 3 is 2.44 bits per heavy atom. The van der Waals surface area contributed by atoms with Crippen molar-refractivity contribution in [3.63, 3.8) is 0 Å². The van der Waals surface area contributed by atoms with Crippen molar-refractivity contribution in [2.24, 2.45) is 17.4 Å². The fraction of sp³-hybridized carbons (Fsp3) is 0.571. The molecule has 0 amide bonds. The molecule has 0 fully saturated rings. The van der Waals surface area contributed by atoms with Crippen molar-refractivity contribution in [1.82, 2.24) is 0 Å². The molecular weight excluding hydrogens is 228 g/mol. The molecule has 1 atom stereocenters. The molecule has 0 aliphatic carbocycles. The fourth-order valence-corrected chi connectivity index (χ4v) is 1.60. The Morgan fingerprint density at radius 1 is 1.17 bits per heavy atom. The monoisotopic (exact) mass is 252 g/mol. The summed E-state index contributed by atoms with van der Waals surface area (Å²) in [5.74, 6) is 2.10. The summed E-state index contributed by atoms with van der Waals surface area (Å²) < 4.78 is 11.2. The zero-order valence-electron chi connectivity index (χ0n) is 11.3. The molecule has 0 aliphatic rings. The first-order valence-corrected chi connectivity index (χ1v) is 6.54. The second-order valence-corrected chi connectivity index (χ2v) is 4.36. The van der Waals surface area contributed by atoms with Crippen LogP contribution >= 0.6 is 0 Å². The Kier molecular flexibility index (Phi) is 6.54. The highest BCUT2D eigenvalue weighted by Gasteiger charge is 2.06. The van der Waals surface area contributed by atoms with Gasteiger partial charge in [-0.05, 0) is 18.1 Å². The van der Waals surface area contributed by atoms with Crippen LogP contribution in [0.4, 0.5) is 0 Å². The number of ether oxygens (including phenoxy) is 2. The summed E-state index contributed by atoms with van der Waals surface area (Å²) in [6.45, 7) is 5.38. The largest absolute Gasteiger partial charge is 0.493 e. The molecule has 0 heterocycles. The van der Waals surface area contributed by atoms with E-state index in [1.165, 1.54) is 0 Å².